The van der Waals surface area contributed by atoms with E-state index in [9.17, 15) is 0 Å². The third kappa shape index (κ3) is 4.46. The molecule has 0 saturated heterocycles. The summed E-state index contributed by atoms with van der Waals surface area (Å²) >= 11 is 0. The fourth-order valence-corrected chi connectivity index (χ4v) is 3.91. The fraction of sp³-hybridized carbons (Fsp3) is 0.133. The van der Waals surface area contributed by atoms with Crippen molar-refractivity contribution in [2.45, 2.75) is 27.7 Å². The quantitative estimate of drug-likeness (QED) is 0.322. The minimum absolute atomic E-state index is 1.15. The second-order valence-electron chi connectivity index (χ2n) is 8.06. The predicted molar refractivity (Wildman–Crippen MR) is 135 cm³/mol. The molecule has 0 aliphatic heterocycles. The van der Waals surface area contributed by atoms with Crippen LogP contribution in [0, 0.1) is 20.8 Å². The molecular weight excluding hydrogens is 374 g/mol. The molecule has 4 aromatic rings. The van der Waals surface area contributed by atoms with Gasteiger partial charge in [-0.25, -0.2) is 0 Å². The first kappa shape index (κ1) is 20.7. The smallest absolute Gasteiger partial charge is 0.0464 e. The number of hydrogen-bond acceptors (Lipinski definition) is 1. The van der Waals surface area contributed by atoms with Crippen molar-refractivity contribution in [3.63, 3.8) is 0 Å². The van der Waals surface area contributed by atoms with E-state index in [0.29, 0.717) is 0 Å². The van der Waals surface area contributed by atoms with Gasteiger partial charge in [0.05, 0.1) is 0 Å². The van der Waals surface area contributed by atoms with E-state index < -0.39 is 0 Å². The van der Waals surface area contributed by atoms with Crippen LogP contribution >= 0.6 is 0 Å². The van der Waals surface area contributed by atoms with Crippen LogP contribution in [0.25, 0.3) is 17.2 Å². The Labute approximate surface area is 186 Å². The van der Waals surface area contributed by atoms with Crippen LogP contribution in [-0.2, 0) is 0 Å². The van der Waals surface area contributed by atoms with Gasteiger partial charge in [0.15, 0.2) is 0 Å². The first-order valence-electron chi connectivity index (χ1n) is 10.8. The Morgan fingerprint density at radius 3 is 1.74 bits per heavy atom. The highest BCUT2D eigenvalue weighted by molar-refractivity contribution is 5.79. The summed E-state index contributed by atoms with van der Waals surface area (Å²) in [6, 6.07) is 32.8. The molecule has 0 bridgehead atoms. The number of anilines is 3. The Bertz CT molecular complexity index is 1200. The van der Waals surface area contributed by atoms with E-state index in [1.54, 1.807) is 0 Å². The summed E-state index contributed by atoms with van der Waals surface area (Å²) in [6.45, 7) is 8.57. The van der Waals surface area contributed by atoms with E-state index in [1.165, 1.54) is 44.8 Å². The zero-order valence-corrected chi connectivity index (χ0v) is 18.8. The molecule has 0 aliphatic carbocycles. The molecule has 0 atom stereocenters. The third-order valence-electron chi connectivity index (χ3n) is 5.84. The zero-order chi connectivity index (χ0) is 21.8. The van der Waals surface area contributed by atoms with Gasteiger partial charge in [-0.2, -0.15) is 0 Å². The number of allylic oxidation sites excluding steroid dienone is 1. The SMILES string of the molecule is C/C=C/c1ccc(N(c2ccc(-c3ccccc3)cc2)c2ccc(C)c(C)c2)cc1C. The molecule has 154 valence electrons. The van der Waals surface area contributed by atoms with E-state index >= 15 is 0 Å². The molecule has 0 amide bonds. The maximum atomic E-state index is 2.34. The van der Waals surface area contributed by atoms with Crippen LogP contribution in [0.4, 0.5) is 17.1 Å². The summed E-state index contributed by atoms with van der Waals surface area (Å²) in [5.41, 5.74) is 11.1. The summed E-state index contributed by atoms with van der Waals surface area (Å²) in [4.78, 5) is 2.34. The Morgan fingerprint density at radius 2 is 1.13 bits per heavy atom. The Hall–Kier alpha value is -3.58. The number of nitrogens with zero attached hydrogens (tertiary/aromatic N) is 1. The highest BCUT2D eigenvalue weighted by atomic mass is 15.1. The van der Waals surface area contributed by atoms with Crippen molar-refractivity contribution in [3.8, 4) is 11.1 Å². The summed E-state index contributed by atoms with van der Waals surface area (Å²) < 4.78 is 0. The molecule has 0 aromatic heterocycles. The van der Waals surface area contributed by atoms with Gasteiger partial charge in [0.25, 0.3) is 0 Å². The molecular formula is C30H29N. The van der Waals surface area contributed by atoms with Gasteiger partial charge in [0, 0.05) is 17.1 Å². The molecule has 0 aliphatic rings. The molecule has 31 heavy (non-hydrogen) atoms. The van der Waals surface area contributed by atoms with Gasteiger partial charge < -0.3 is 4.90 Å². The third-order valence-corrected chi connectivity index (χ3v) is 5.84. The average molecular weight is 404 g/mol. The van der Waals surface area contributed by atoms with Gasteiger partial charge in [0.2, 0.25) is 0 Å². The van der Waals surface area contributed by atoms with Gasteiger partial charge in [0.1, 0.15) is 0 Å². The second kappa shape index (κ2) is 9.06. The summed E-state index contributed by atoms with van der Waals surface area (Å²) in [5.74, 6) is 0. The highest BCUT2D eigenvalue weighted by Crippen LogP contribution is 2.37. The Kier molecular flexibility index (Phi) is 6.04. The second-order valence-corrected chi connectivity index (χ2v) is 8.06. The predicted octanol–water partition coefficient (Wildman–Crippen LogP) is 8.78. The van der Waals surface area contributed by atoms with Crippen molar-refractivity contribution in [3.05, 3.63) is 119 Å². The molecule has 0 saturated carbocycles. The van der Waals surface area contributed by atoms with Crippen molar-refractivity contribution >= 4 is 23.1 Å². The van der Waals surface area contributed by atoms with Crippen molar-refractivity contribution in [2.75, 3.05) is 4.90 Å². The number of aryl methyl sites for hydroxylation is 3. The minimum atomic E-state index is 1.15. The number of hydrogen-bond donors (Lipinski definition) is 0. The van der Waals surface area contributed by atoms with Crippen molar-refractivity contribution < 1.29 is 0 Å². The fourth-order valence-electron chi connectivity index (χ4n) is 3.91. The van der Waals surface area contributed by atoms with E-state index in [1.807, 2.05) is 0 Å². The molecule has 0 fully saturated rings. The van der Waals surface area contributed by atoms with E-state index in [0.717, 1.165) is 5.69 Å². The Morgan fingerprint density at radius 1 is 0.548 bits per heavy atom. The molecule has 0 unspecified atom stereocenters. The van der Waals surface area contributed by atoms with E-state index in [2.05, 4.69) is 136 Å². The zero-order valence-electron chi connectivity index (χ0n) is 18.8. The maximum absolute atomic E-state index is 2.34. The standard InChI is InChI=1S/C30H29N/c1-5-9-25-13-19-30(21-24(25)4)31(29-16-12-22(2)23(3)20-29)28-17-14-27(15-18-28)26-10-7-6-8-11-26/h5-21H,1-4H3/b9-5+. The van der Waals surface area contributed by atoms with Gasteiger partial charge in [-0.05, 0) is 97.5 Å². The summed E-state index contributed by atoms with van der Waals surface area (Å²) in [6.07, 6.45) is 4.25. The molecule has 1 heteroatoms. The van der Waals surface area contributed by atoms with Crippen molar-refractivity contribution in [1.29, 1.82) is 0 Å². The van der Waals surface area contributed by atoms with Crippen LogP contribution in [0.3, 0.4) is 0 Å². The molecule has 0 heterocycles. The molecule has 4 rings (SSSR count). The first-order chi connectivity index (χ1) is 15.1. The van der Waals surface area contributed by atoms with Crippen LogP contribution in [0.2, 0.25) is 0 Å². The van der Waals surface area contributed by atoms with Gasteiger partial charge in [-0.15, -0.1) is 0 Å². The first-order valence-corrected chi connectivity index (χ1v) is 10.8. The topological polar surface area (TPSA) is 3.24 Å². The van der Waals surface area contributed by atoms with Gasteiger partial charge in [-0.3, -0.25) is 0 Å². The lowest BCUT2D eigenvalue weighted by Crippen LogP contribution is -2.10. The Balaban J connectivity index is 1.81. The van der Waals surface area contributed by atoms with Crippen LogP contribution < -0.4 is 4.90 Å². The molecule has 0 radical (unpaired) electrons. The molecule has 4 aromatic carbocycles. The largest absolute Gasteiger partial charge is 0.310 e. The number of benzene rings is 4. The van der Waals surface area contributed by atoms with E-state index in [4.69, 9.17) is 0 Å². The average Bonchev–Trinajstić information content (AvgIpc) is 2.79. The monoisotopic (exact) mass is 403 g/mol. The van der Waals surface area contributed by atoms with Crippen molar-refractivity contribution in [2.24, 2.45) is 0 Å². The lowest BCUT2D eigenvalue weighted by molar-refractivity contribution is 1.24. The number of rotatable bonds is 5. The van der Waals surface area contributed by atoms with Crippen LogP contribution in [-0.4, -0.2) is 0 Å². The lowest BCUT2D eigenvalue weighted by Gasteiger charge is -2.27. The lowest BCUT2D eigenvalue weighted by atomic mass is 10.0. The molecule has 1 nitrogen and oxygen atoms in total. The maximum Gasteiger partial charge on any atom is 0.0464 e. The normalized spacial score (nSPS) is 11.1. The van der Waals surface area contributed by atoms with Gasteiger partial charge >= 0.3 is 0 Å². The van der Waals surface area contributed by atoms with Crippen LogP contribution in [0.1, 0.15) is 29.2 Å². The van der Waals surface area contributed by atoms with Crippen LogP contribution in [0.5, 0.6) is 0 Å². The minimum Gasteiger partial charge on any atom is -0.310 e. The van der Waals surface area contributed by atoms with Crippen LogP contribution in [0.15, 0.2) is 97.1 Å². The summed E-state index contributed by atoms with van der Waals surface area (Å²) in [5, 5.41) is 0. The molecule has 0 N–H and O–H groups in total. The van der Waals surface area contributed by atoms with Gasteiger partial charge in [-0.1, -0.05) is 66.7 Å². The van der Waals surface area contributed by atoms with Crippen molar-refractivity contribution in [1.82, 2.24) is 0 Å². The summed E-state index contributed by atoms with van der Waals surface area (Å²) in [7, 11) is 0. The van der Waals surface area contributed by atoms with E-state index in [-0.39, 0.29) is 0 Å². The highest BCUT2D eigenvalue weighted by Gasteiger charge is 2.14. The molecule has 0 spiro atoms.